The number of nitrogens with zero attached hydrogens (tertiary/aromatic N) is 3. The van der Waals surface area contributed by atoms with Gasteiger partial charge in [-0.05, 0) is 42.8 Å². The first kappa shape index (κ1) is 18.4. The van der Waals surface area contributed by atoms with Crippen LogP contribution < -0.4 is 5.69 Å². The highest BCUT2D eigenvalue weighted by Gasteiger charge is 2.30. The number of hydrogen-bond acceptors (Lipinski definition) is 3. The zero-order valence-electron chi connectivity index (χ0n) is 14.1. The molecular formula is C18H14F3N3O3. The van der Waals surface area contributed by atoms with Crippen LogP contribution in [0.1, 0.15) is 16.7 Å². The Morgan fingerprint density at radius 2 is 1.74 bits per heavy atom. The summed E-state index contributed by atoms with van der Waals surface area (Å²) >= 11 is 0. The number of alkyl halides is 3. The van der Waals surface area contributed by atoms with Gasteiger partial charge in [0.15, 0.2) is 0 Å². The van der Waals surface area contributed by atoms with E-state index < -0.39 is 22.4 Å². The van der Waals surface area contributed by atoms with Crippen LogP contribution in [-0.2, 0) is 12.7 Å². The molecule has 0 saturated carbocycles. The molecule has 1 heterocycles. The molecule has 27 heavy (non-hydrogen) atoms. The maximum absolute atomic E-state index is 12.6. The van der Waals surface area contributed by atoms with Crippen molar-refractivity contribution in [3.05, 3.63) is 92.1 Å². The van der Waals surface area contributed by atoms with Crippen LogP contribution in [0.3, 0.4) is 0 Å². The average molecular weight is 377 g/mol. The van der Waals surface area contributed by atoms with Crippen LogP contribution in [0.25, 0.3) is 5.69 Å². The van der Waals surface area contributed by atoms with E-state index in [1.54, 1.807) is 19.1 Å². The quantitative estimate of drug-likeness (QED) is 0.511. The van der Waals surface area contributed by atoms with Crippen molar-refractivity contribution in [2.75, 3.05) is 0 Å². The minimum atomic E-state index is -4.44. The van der Waals surface area contributed by atoms with Gasteiger partial charge in [-0.3, -0.25) is 19.2 Å². The maximum atomic E-state index is 12.6. The first-order valence-corrected chi connectivity index (χ1v) is 7.86. The third-order valence-corrected chi connectivity index (χ3v) is 4.13. The topological polar surface area (TPSA) is 70.1 Å². The van der Waals surface area contributed by atoms with E-state index in [1.807, 2.05) is 0 Å². The summed E-state index contributed by atoms with van der Waals surface area (Å²) in [7, 11) is 0. The van der Waals surface area contributed by atoms with E-state index in [-0.39, 0.29) is 12.2 Å². The van der Waals surface area contributed by atoms with Crippen LogP contribution in [0.15, 0.2) is 59.7 Å². The van der Waals surface area contributed by atoms with Crippen LogP contribution in [0.2, 0.25) is 0 Å². The Morgan fingerprint density at radius 1 is 1.07 bits per heavy atom. The predicted molar refractivity (Wildman–Crippen MR) is 92.0 cm³/mol. The number of imidazole rings is 1. The average Bonchev–Trinajstić information content (AvgIpc) is 2.95. The number of nitro groups is 1. The molecule has 0 amide bonds. The van der Waals surface area contributed by atoms with Crippen molar-refractivity contribution in [2.45, 2.75) is 19.6 Å². The smallest absolute Gasteiger partial charge is 0.294 e. The number of nitro benzene ring substituents is 1. The highest BCUT2D eigenvalue weighted by atomic mass is 19.4. The van der Waals surface area contributed by atoms with Crippen LogP contribution >= 0.6 is 0 Å². The predicted octanol–water partition coefficient (Wildman–Crippen LogP) is 3.92. The molecule has 140 valence electrons. The van der Waals surface area contributed by atoms with Gasteiger partial charge in [-0.1, -0.05) is 6.07 Å². The lowest BCUT2D eigenvalue weighted by Crippen LogP contribution is -2.23. The first-order chi connectivity index (χ1) is 12.7. The van der Waals surface area contributed by atoms with Gasteiger partial charge in [-0.15, -0.1) is 0 Å². The second-order valence-electron chi connectivity index (χ2n) is 6.00. The van der Waals surface area contributed by atoms with E-state index in [4.69, 9.17) is 0 Å². The zero-order chi connectivity index (χ0) is 19.8. The fraction of sp³-hybridized carbons (Fsp3) is 0.167. The molecule has 0 aliphatic heterocycles. The van der Waals surface area contributed by atoms with E-state index in [2.05, 4.69) is 0 Å². The molecule has 0 aliphatic carbocycles. The molecule has 0 bridgehead atoms. The minimum Gasteiger partial charge on any atom is -0.294 e. The Kier molecular flexibility index (Phi) is 4.61. The van der Waals surface area contributed by atoms with Gasteiger partial charge < -0.3 is 0 Å². The zero-order valence-corrected chi connectivity index (χ0v) is 14.1. The van der Waals surface area contributed by atoms with Gasteiger partial charge >= 0.3 is 11.9 Å². The molecule has 3 aromatic rings. The molecule has 3 rings (SSSR count). The SMILES string of the molecule is Cc1cc(Cn2ccn(-c3ccc(C(F)(F)F)cc3)c2=O)ccc1[N+](=O)[O-]. The Bertz CT molecular complexity index is 1050. The molecule has 0 atom stereocenters. The van der Waals surface area contributed by atoms with E-state index in [0.717, 1.165) is 12.1 Å². The van der Waals surface area contributed by atoms with Crippen molar-refractivity contribution in [2.24, 2.45) is 0 Å². The minimum absolute atomic E-state index is 0.00609. The van der Waals surface area contributed by atoms with Gasteiger partial charge in [-0.25, -0.2) is 4.79 Å². The molecule has 9 heteroatoms. The van der Waals surface area contributed by atoms with Crippen LogP contribution in [0, 0.1) is 17.0 Å². The summed E-state index contributed by atoms with van der Waals surface area (Å²) in [6, 6.07) is 8.85. The molecule has 0 spiro atoms. The third kappa shape index (κ3) is 3.76. The fourth-order valence-electron chi connectivity index (χ4n) is 2.76. The Labute approximate surface area is 151 Å². The van der Waals surface area contributed by atoms with E-state index in [1.165, 1.54) is 39.7 Å². The fourth-order valence-corrected chi connectivity index (χ4v) is 2.76. The van der Waals surface area contributed by atoms with Crippen molar-refractivity contribution in [1.82, 2.24) is 9.13 Å². The summed E-state index contributed by atoms with van der Waals surface area (Å²) in [4.78, 5) is 22.9. The van der Waals surface area contributed by atoms with Crippen molar-refractivity contribution in [3.8, 4) is 5.69 Å². The van der Waals surface area contributed by atoms with Crippen LogP contribution in [0.4, 0.5) is 18.9 Å². The van der Waals surface area contributed by atoms with Crippen molar-refractivity contribution in [1.29, 1.82) is 0 Å². The lowest BCUT2D eigenvalue weighted by molar-refractivity contribution is -0.385. The van der Waals surface area contributed by atoms with E-state index >= 15 is 0 Å². The normalized spacial score (nSPS) is 11.6. The van der Waals surface area contributed by atoms with E-state index in [9.17, 15) is 28.1 Å². The number of rotatable bonds is 4. The van der Waals surface area contributed by atoms with Gasteiger partial charge in [0.2, 0.25) is 0 Å². The number of benzene rings is 2. The largest absolute Gasteiger partial charge is 0.416 e. The number of aryl methyl sites for hydroxylation is 1. The first-order valence-electron chi connectivity index (χ1n) is 7.86. The molecule has 1 aromatic heterocycles. The molecule has 0 aliphatic rings. The highest BCUT2D eigenvalue weighted by Crippen LogP contribution is 2.29. The Morgan fingerprint density at radius 3 is 2.30 bits per heavy atom. The summed E-state index contributed by atoms with van der Waals surface area (Å²) < 4.78 is 40.5. The van der Waals surface area contributed by atoms with Crippen LogP contribution in [0.5, 0.6) is 0 Å². The third-order valence-electron chi connectivity index (χ3n) is 4.13. The molecule has 0 radical (unpaired) electrons. The number of aromatic nitrogens is 2. The van der Waals surface area contributed by atoms with Crippen molar-refractivity contribution < 1.29 is 18.1 Å². The maximum Gasteiger partial charge on any atom is 0.416 e. The standard InChI is InChI=1S/C18H14F3N3O3/c1-12-10-13(2-7-16(12)24(26)27)11-22-8-9-23(17(22)25)15-5-3-14(4-6-15)18(19,20)21/h2-10H,11H2,1H3. The Hall–Kier alpha value is -3.36. The second-order valence-corrected chi connectivity index (χ2v) is 6.00. The Balaban J connectivity index is 1.87. The monoisotopic (exact) mass is 377 g/mol. The van der Waals surface area contributed by atoms with E-state index in [0.29, 0.717) is 16.8 Å². The van der Waals surface area contributed by atoms with Gasteiger partial charge in [0.1, 0.15) is 0 Å². The molecule has 0 saturated heterocycles. The number of halogens is 3. The summed E-state index contributed by atoms with van der Waals surface area (Å²) in [6.07, 6.45) is -1.47. The summed E-state index contributed by atoms with van der Waals surface area (Å²) in [5, 5.41) is 10.9. The lowest BCUT2D eigenvalue weighted by Gasteiger charge is -2.08. The van der Waals surface area contributed by atoms with Gasteiger partial charge in [-0.2, -0.15) is 13.2 Å². The highest BCUT2D eigenvalue weighted by molar-refractivity contribution is 5.42. The molecule has 0 fully saturated rings. The van der Waals surface area contributed by atoms with Crippen molar-refractivity contribution >= 4 is 5.69 Å². The summed E-state index contributed by atoms with van der Waals surface area (Å²) in [5.41, 5.74) is 0.268. The lowest BCUT2D eigenvalue weighted by atomic mass is 10.1. The van der Waals surface area contributed by atoms with Gasteiger partial charge in [0.25, 0.3) is 5.69 Å². The molecule has 2 aromatic carbocycles. The van der Waals surface area contributed by atoms with Crippen molar-refractivity contribution in [3.63, 3.8) is 0 Å². The van der Waals surface area contributed by atoms with Gasteiger partial charge in [0.05, 0.1) is 22.7 Å². The molecule has 0 N–H and O–H groups in total. The molecule has 6 nitrogen and oxygen atoms in total. The van der Waals surface area contributed by atoms with Gasteiger partial charge in [0, 0.05) is 24.0 Å². The van der Waals surface area contributed by atoms with Crippen LogP contribution in [-0.4, -0.2) is 14.1 Å². The molecule has 0 unspecified atom stereocenters. The summed E-state index contributed by atoms with van der Waals surface area (Å²) in [5.74, 6) is 0. The molecular weight excluding hydrogens is 363 g/mol. The number of hydrogen-bond donors (Lipinski definition) is 0. The summed E-state index contributed by atoms with van der Waals surface area (Å²) in [6.45, 7) is 1.79. The second kappa shape index (κ2) is 6.75.